The third kappa shape index (κ3) is 11.6. The number of halogens is 2. The lowest BCUT2D eigenvalue weighted by Crippen LogP contribution is -2.14. The lowest BCUT2D eigenvalue weighted by Gasteiger charge is -2.05. The highest BCUT2D eigenvalue weighted by atomic mass is 79.9. The van der Waals surface area contributed by atoms with Crippen LogP contribution >= 0.6 is 31.9 Å². The van der Waals surface area contributed by atoms with Gasteiger partial charge in [0.25, 0.3) is 11.4 Å². The molecule has 4 aromatic rings. The van der Waals surface area contributed by atoms with Gasteiger partial charge in [0.15, 0.2) is 0 Å². The molecule has 0 radical (unpaired) electrons. The van der Waals surface area contributed by atoms with Gasteiger partial charge in [-0.1, -0.05) is 7.43 Å². The maximum atomic E-state index is 10.9. The number of rotatable bonds is 5. The van der Waals surface area contributed by atoms with Crippen molar-refractivity contribution in [1.29, 1.82) is 0 Å². The maximum Gasteiger partial charge on any atom is 0.343 e. The normalized spacial score (nSPS) is 11.6. The zero-order valence-corrected chi connectivity index (χ0v) is 28.6. The molecule has 47 heavy (non-hydrogen) atoms. The van der Waals surface area contributed by atoms with Crippen molar-refractivity contribution in [1.82, 2.24) is 24.9 Å². The Morgan fingerprint density at radius 2 is 1.49 bits per heavy atom. The van der Waals surface area contributed by atoms with Gasteiger partial charge in [-0.2, -0.15) is 5.10 Å². The van der Waals surface area contributed by atoms with Crippen LogP contribution in [-0.2, 0) is 4.74 Å². The standard InChI is InChI=1S/C9H11BrN4O2.C8H7BrN2.C6H5N3O5.C4H8O.CH4/c1-6-9(14(15)16)7(4-12-13(2)3)8(10)5-11-6;1-5-8-6(2-3-10-8)7(9)4-11-5;1-3-4(8(11)12)2-7-6(10)5(3)9(13)14;1-2-4-5-3-1;/h4-5H,1-3H3;2-4,10H,1H3;2H,1H3,(H,7,10);1-4H2;1H4/b12-4+;;;;. The first-order chi connectivity index (χ1) is 21.7. The number of H-pyrrole nitrogens is 2. The van der Waals surface area contributed by atoms with E-state index in [0.29, 0.717) is 15.7 Å². The summed E-state index contributed by atoms with van der Waals surface area (Å²) in [5, 5.41) is 38.4. The molecule has 4 aromatic heterocycles. The number of ether oxygens (including phenoxy) is 1. The molecule has 2 N–H and O–H groups in total. The summed E-state index contributed by atoms with van der Waals surface area (Å²) >= 11 is 6.65. The van der Waals surface area contributed by atoms with E-state index < -0.39 is 31.7 Å². The molecule has 19 heteroatoms. The van der Waals surface area contributed by atoms with Crippen molar-refractivity contribution in [3.63, 3.8) is 0 Å². The van der Waals surface area contributed by atoms with Crippen LogP contribution in [0.2, 0.25) is 0 Å². The van der Waals surface area contributed by atoms with E-state index in [9.17, 15) is 35.1 Å². The van der Waals surface area contributed by atoms with Crippen molar-refractivity contribution < 1.29 is 19.5 Å². The molecule has 0 saturated carbocycles. The zero-order valence-electron chi connectivity index (χ0n) is 25.4. The average molecular weight is 785 g/mol. The molecule has 1 aliphatic heterocycles. The Kier molecular flexibility index (Phi) is 16.4. The topological polar surface area (TPSA) is 229 Å². The van der Waals surface area contributed by atoms with Gasteiger partial charge in [-0.25, -0.2) is 0 Å². The summed E-state index contributed by atoms with van der Waals surface area (Å²) in [5.74, 6) is 0. The first-order valence-corrected chi connectivity index (χ1v) is 14.9. The number of nitrogens with zero attached hydrogens (tertiary/aromatic N) is 7. The van der Waals surface area contributed by atoms with E-state index in [1.807, 2.05) is 30.4 Å². The number of hydrogen-bond acceptors (Lipinski definition) is 12. The van der Waals surface area contributed by atoms with E-state index in [1.165, 1.54) is 30.6 Å². The number of nitrogens with one attached hydrogen (secondary N) is 2. The average Bonchev–Trinajstić information content (AvgIpc) is 3.72. The van der Waals surface area contributed by atoms with E-state index in [4.69, 9.17) is 4.74 Å². The van der Waals surface area contributed by atoms with Crippen LogP contribution in [0.15, 0.2) is 49.7 Å². The summed E-state index contributed by atoms with van der Waals surface area (Å²) in [5.41, 5.74) is 0.449. The van der Waals surface area contributed by atoms with Gasteiger partial charge >= 0.3 is 11.2 Å². The van der Waals surface area contributed by atoms with Crippen molar-refractivity contribution in [2.24, 2.45) is 5.10 Å². The Morgan fingerprint density at radius 3 is 1.98 bits per heavy atom. The molecule has 1 fully saturated rings. The second-order valence-electron chi connectivity index (χ2n) is 9.57. The van der Waals surface area contributed by atoms with Crippen LogP contribution in [0.1, 0.15) is 42.8 Å². The number of hydrazone groups is 1. The third-order valence-corrected chi connectivity index (χ3v) is 7.33. The van der Waals surface area contributed by atoms with Crippen LogP contribution < -0.4 is 5.56 Å². The smallest absolute Gasteiger partial charge is 0.343 e. The molecule has 0 spiro atoms. The van der Waals surface area contributed by atoms with Gasteiger partial charge < -0.3 is 19.7 Å². The molecule has 1 aliphatic rings. The molecular weight excluding hydrogens is 750 g/mol. The summed E-state index contributed by atoms with van der Waals surface area (Å²) < 4.78 is 6.54. The fourth-order valence-corrected chi connectivity index (χ4v) is 4.62. The summed E-state index contributed by atoms with van der Waals surface area (Å²) in [6.07, 6.45) is 10.1. The number of hydrogen-bond donors (Lipinski definition) is 2. The van der Waals surface area contributed by atoms with E-state index in [0.717, 1.165) is 42.0 Å². The van der Waals surface area contributed by atoms with Crippen molar-refractivity contribution in [2.45, 2.75) is 41.0 Å². The molecule has 0 amide bonds. The zero-order chi connectivity index (χ0) is 34.6. The van der Waals surface area contributed by atoms with Crippen molar-refractivity contribution >= 4 is 66.0 Å². The van der Waals surface area contributed by atoms with E-state index in [-0.39, 0.29) is 18.7 Å². The van der Waals surface area contributed by atoms with Gasteiger partial charge in [-0.3, -0.25) is 45.1 Å². The van der Waals surface area contributed by atoms with Crippen molar-refractivity contribution in [3.05, 3.63) is 103 Å². The Hall–Kier alpha value is -4.62. The number of aromatic amines is 2. The highest BCUT2D eigenvalue weighted by Crippen LogP contribution is 2.27. The van der Waals surface area contributed by atoms with E-state index >= 15 is 0 Å². The van der Waals surface area contributed by atoms with Gasteiger partial charge in [-0.15, -0.1) is 0 Å². The molecule has 5 rings (SSSR count). The van der Waals surface area contributed by atoms with Gasteiger partial charge in [0.05, 0.1) is 48.4 Å². The number of pyridine rings is 3. The largest absolute Gasteiger partial charge is 0.381 e. The summed E-state index contributed by atoms with van der Waals surface area (Å²) in [6, 6.07) is 2.04. The van der Waals surface area contributed by atoms with Crippen molar-refractivity contribution in [3.8, 4) is 0 Å². The minimum absolute atomic E-state index is 0. The molecule has 254 valence electrons. The van der Waals surface area contributed by atoms with Gasteiger partial charge in [0.1, 0.15) is 11.3 Å². The molecule has 17 nitrogen and oxygen atoms in total. The minimum atomic E-state index is -0.946. The fourth-order valence-electron chi connectivity index (χ4n) is 3.80. The monoisotopic (exact) mass is 783 g/mol. The molecular formula is C28H35Br2N9O8. The SMILES string of the molecule is C.C1CCOC1.Cc1c([N+](=O)[O-])c[nH]c(=O)c1[N+](=O)[O-].Cc1ncc(Br)c(/C=N/N(C)C)c1[N+](=O)[O-].Cc1ncc(Br)c2cc[nH]c12. The predicted octanol–water partition coefficient (Wildman–Crippen LogP) is 6.52. The molecule has 0 aromatic carbocycles. The van der Waals surface area contributed by atoms with Crippen LogP contribution in [0.3, 0.4) is 0 Å². The lowest BCUT2D eigenvalue weighted by atomic mass is 10.2. The number of nitro groups is 3. The second-order valence-corrected chi connectivity index (χ2v) is 11.3. The first-order valence-electron chi connectivity index (χ1n) is 13.3. The highest BCUT2D eigenvalue weighted by Gasteiger charge is 2.25. The Balaban J connectivity index is 0.000000327. The van der Waals surface area contributed by atoms with E-state index in [2.05, 4.69) is 51.9 Å². The molecule has 1 saturated heterocycles. The van der Waals surface area contributed by atoms with Crippen molar-refractivity contribution in [2.75, 3.05) is 27.3 Å². The third-order valence-electron chi connectivity index (χ3n) is 6.07. The predicted molar refractivity (Wildman–Crippen MR) is 185 cm³/mol. The number of aromatic nitrogens is 4. The van der Waals surface area contributed by atoms with Crippen LogP contribution in [0.4, 0.5) is 17.1 Å². The molecule has 0 aliphatic carbocycles. The summed E-state index contributed by atoms with van der Waals surface area (Å²) in [7, 11) is 3.48. The number of fused-ring (bicyclic) bond motifs is 1. The Labute approximate surface area is 286 Å². The van der Waals surface area contributed by atoms with Gasteiger partial charge in [0.2, 0.25) is 0 Å². The van der Waals surface area contributed by atoms with E-state index in [1.54, 1.807) is 26.0 Å². The maximum absolute atomic E-state index is 10.9. The summed E-state index contributed by atoms with van der Waals surface area (Å²) in [6.45, 7) is 6.74. The van der Waals surface area contributed by atoms with Gasteiger partial charge in [0, 0.05) is 55.8 Å². The fraction of sp³-hybridized carbons (Fsp3) is 0.357. The van der Waals surface area contributed by atoms with Crippen LogP contribution in [0, 0.1) is 51.1 Å². The molecule has 0 unspecified atom stereocenters. The lowest BCUT2D eigenvalue weighted by molar-refractivity contribution is -0.396. The highest BCUT2D eigenvalue weighted by molar-refractivity contribution is 9.11. The first kappa shape index (κ1) is 40.4. The Morgan fingerprint density at radius 1 is 0.915 bits per heavy atom. The quantitative estimate of drug-likeness (QED) is 0.126. The van der Waals surface area contributed by atoms with Gasteiger partial charge in [-0.05, 0) is 71.5 Å². The van der Waals surface area contributed by atoms with Crippen LogP contribution in [0.5, 0.6) is 0 Å². The summed E-state index contributed by atoms with van der Waals surface area (Å²) in [4.78, 5) is 53.6. The molecule has 0 atom stereocenters. The number of aryl methyl sites for hydroxylation is 2. The molecule has 0 bridgehead atoms. The Bertz CT molecular complexity index is 1740. The van der Waals surface area contributed by atoms with Crippen LogP contribution in [-0.4, -0.2) is 73.2 Å². The second kappa shape index (κ2) is 19.1. The van der Waals surface area contributed by atoms with Crippen LogP contribution in [0.25, 0.3) is 10.9 Å². The minimum Gasteiger partial charge on any atom is -0.381 e. The molecule has 5 heterocycles.